The lowest BCUT2D eigenvalue weighted by atomic mass is 10.1. The molecule has 0 aromatic carbocycles. The molecule has 2 atom stereocenters. The highest BCUT2D eigenvalue weighted by Crippen LogP contribution is 2.26. The van der Waals surface area contributed by atoms with E-state index in [-0.39, 0.29) is 18.0 Å². The number of rotatable bonds is 3. The van der Waals surface area contributed by atoms with E-state index < -0.39 is 0 Å². The summed E-state index contributed by atoms with van der Waals surface area (Å²) in [7, 11) is 0. The summed E-state index contributed by atoms with van der Waals surface area (Å²) >= 11 is 0. The molecule has 5 heteroatoms. The van der Waals surface area contributed by atoms with Crippen molar-refractivity contribution in [3.05, 3.63) is 12.3 Å². The van der Waals surface area contributed by atoms with Gasteiger partial charge in [-0.1, -0.05) is 13.8 Å². The summed E-state index contributed by atoms with van der Waals surface area (Å²) in [4.78, 5) is 13.6. The first kappa shape index (κ1) is 12.1. The van der Waals surface area contributed by atoms with Crippen LogP contribution in [0.4, 0.5) is 5.82 Å². The van der Waals surface area contributed by atoms with E-state index in [2.05, 4.69) is 25.9 Å². The molecule has 1 aromatic heterocycles. The minimum Gasteiger partial charge on any atom is -0.326 e. The van der Waals surface area contributed by atoms with Crippen LogP contribution in [0.15, 0.2) is 12.3 Å². The predicted octanol–water partition coefficient (Wildman–Crippen LogP) is 1.16. The number of nitrogens with two attached hydrogens (primary N) is 1. The van der Waals surface area contributed by atoms with E-state index in [0.29, 0.717) is 18.9 Å². The Balaban J connectivity index is 2.28. The van der Waals surface area contributed by atoms with Gasteiger partial charge in [0.05, 0.1) is 12.2 Å². The second-order valence-corrected chi connectivity index (χ2v) is 5.09. The molecule has 1 aliphatic heterocycles. The van der Waals surface area contributed by atoms with Gasteiger partial charge in [-0.25, -0.2) is 4.68 Å². The van der Waals surface area contributed by atoms with Gasteiger partial charge in [0.2, 0.25) is 5.91 Å². The number of hydrogen-bond donors (Lipinski definition) is 1. The SMILES string of the molecule is CC(C)C(C)n1nccc1N1CC(N)CC1=O. The highest BCUT2D eigenvalue weighted by atomic mass is 16.2. The maximum atomic E-state index is 11.8. The van der Waals surface area contributed by atoms with Crippen LogP contribution in [0.5, 0.6) is 0 Å². The smallest absolute Gasteiger partial charge is 0.229 e. The zero-order valence-corrected chi connectivity index (χ0v) is 10.6. The fourth-order valence-electron chi connectivity index (χ4n) is 2.07. The maximum absolute atomic E-state index is 11.8. The molecule has 2 N–H and O–H groups in total. The summed E-state index contributed by atoms with van der Waals surface area (Å²) in [5, 5.41) is 4.32. The molecule has 1 fully saturated rings. The summed E-state index contributed by atoms with van der Waals surface area (Å²) in [5.41, 5.74) is 5.82. The van der Waals surface area contributed by atoms with Crippen molar-refractivity contribution in [1.82, 2.24) is 9.78 Å². The number of aromatic nitrogens is 2. The molecule has 1 aromatic rings. The zero-order valence-electron chi connectivity index (χ0n) is 10.6. The van der Waals surface area contributed by atoms with E-state index in [0.717, 1.165) is 5.82 Å². The Kier molecular flexibility index (Phi) is 3.19. The predicted molar refractivity (Wildman–Crippen MR) is 66.7 cm³/mol. The molecule has 94 valence electrons. The Bertz CT molecular complexity index is 412. The lowest BCUT2D eigenvalue weighted by molar-refractivity contribution is -0.117. The molecular weight excluding hydrogens is 216 g/mol. The van der Waals surface area contributed by atoms with Crippen molar-refractivity contribution in [2.75, 3.05) is 11.4 Å². The van der Waals surface area contributed by atoms with Crippen LogP contribution in [0.3, 0.4) is 0 Å². The second kappa shape index (κ2) is 4.49. The van der Waals surface area contributed by atoms with Gasteiger partial charge in [0.15, 0.2) is 0 Å². The van der Waals surface area contributed by atoms with Crippen LogP contribution in [-0.4, -0.2) is 28.3 Å². The van der Waals surface area contributed by atoms with Crippen molar-refractivity contribution in [2.24, 2.45) is 11.7 Å². The summed E-state index contributed by atoms with van der Waals surface area (Å²) in [6.07, 6.45) is 2.17. The molecule has 2 rings (SSSR count). The van der Waals surface area contributed by atoms with Gasteiger partial charge in [-0.2, -0.15) is 5.10 Å². The van der Waals surface area contributed by atoms with E-state index in [1.807, 2.05) is 10.7 Å². The third kappa shape index (κ3) is 2.20. The molecule has 5 nitrogen and oxygen atoms in total. The topological polar surface area (TPSA) is 64.2 Å². The van der Waals surface area contributed by atoms with E-state index in [1.165, 1.54) is 0 Å². The fraction of sp³-hybridized carbons (Fsp3) is 0.667. The Labute approximate surface area is 102 Å². The normalized spacial score (nSPS) is 22.5. The summed E-state index contributed by atoms with van der Waals surface area (Å²) < 4.78 is 1.92. The van der Waals surface area contributed by atoms with E-state index in [4.69, 9.17) is 5.73 Å². The number of carbonyl (C=O) groups excluding carboxylic acids is 1. The molecule has 0 saturated carbocycles. The van der Waals surface area contributed by atoms with Gasteiger partial charge in [0, 0.05) is 25.1 Å². The molecule has 1 aliphatic rings. The lowest BCUT2D eigenvalue weighted by Crippen LogP contribution is -2.31. The molecular formula is C12H20N4O. The van der Waals surface area contributed by atoms with Crippen LogP contribution >= 0.6 is 0 Å². The Hall–Kier alpha value is -1.36. The minimum atomic E-state index is -0.0554. The Morgan fingerprint density at radius 2 is 2.18 bits per heavy atom. The first-order valence-corrected chi connectivity index (χ1v) is 6.10. The molecule has 2 heterocycles. The fourth-order valence-corrected chi connectivity index (χ4v) is 2.07. The zero-order chi connectivity index (χ0) is 12.6. The van der Waals surface area contributed by atoms with Crippen molar-refractivity contribution in [2.45, 2.75) is 39.3 Å². The number of hydrogen-bond acceptors (Lipinski definition) is 3. The van der Waals surface area contributed by atoms with Crippen LogP contribution in [0.1, 0.15) is 33.2 Å². The molecule has 1 amide bonds. The minimum absolute atomic E-state index is 0.0554. The summed E-state index contributed by atoms with van der Waals surface area (Å²) in [5.74, 6) is 1.43. The average Bonchev–Trinajstić information content (AvgIpc) is 2.83. The van der Waals surface area contributed by atoms with Crippen LogP contribution in [0.25, 0.3) is 0 Å². The molecule has 0 spiro atoms. The van der Waals surface area contributed by atoms with E-state index >= 15 is 0 Å². The highest BCUT2D eigenvalue weighted by Gasteiger charge is 2.31. The molecule has 2 unspecified atom stereocenters. The second-order valence-electron chi connectivity index (χ2n) is 5.09. The van der Waals surface area contributed by atoms with Gasteiger partial charge in [-0.15, -0.1) is 0 Å². The Morgan fingerprint density at radius 1 is 1.47 bits per heavy atom. The van der Waals surface area contributed by atoms with Crippen LogP contribution in [-0.2, 0) is 4.79 Å². The third-order valence-corrected chi connectivity index (χ3v) is 3.43. The van der Waals surface area contributed by atoms with Crippen molar-refractivity contribution in [3.63, 3.8) is 0 Å². The quantitative estimate of drug-likeness (QED) is 0.856. The average molecular weight is 236 g/mol. The molecule has 0 aliphatic carbocycles. The molecule has 0 radical (unpaired) electrons. The van der Waals surface area contributed by atoms with Gasteiger partial charge in [0.1, 0.15) is 5.82 Å². The number of amides is 1. The standard InChI is InChI=1S/C12H20N4O/c1-8(2)9(3)16-11(4-5-14-16)15-7-10(13)6-12(15)17/h4-5,8-10H,6-7,13H2,1-3H3. The summed E-state index contributed by atoms with van der Waals surface area (Å²) in [6.45, 7) is 7.00. The van der Waals surface area contributed by atoms with Gasteiger partial charge >= 0.3 is 0 Å². The van der Waals surface area contributed by atoms with Crippen molar-refractivity contribution in [3.8, 4) is 0 Å². The number of nitrogens with zero attached hydrogens (tertiary/aromatic N) is 3. The van der Waals surface area contributed by atoms with Crippen molar-refractivity contribution in [1.29, 1.82) is 0 Å². The summed E-state index contributed by atoms with van der Waals surface area (Å²) in [6, 6.07) is 2.10. The Morgan fingerprint density at radius 3 is 2.71 bits per heavy atom. The van der Waals surface area contributed by atoms with Gasteiger partial charge in [-0.05, 0) is 12.8 Å². The van der Waals surface area contributed by atoms with E-state index in [1.54, 1.807) is 11.1 Å². The highest BCUT2D eigenvalue weighted by molar-refractivity contribution is 5.95. The third-order valence-electron chi connectivity index (χ3n) is 3.43. The number of carbonyl (C=O) groups is 1. The van der Waals surface area contributed by atoms with Crippen LogP contribution in [0, 0.1) is 5.92 Å². The molecule has 1 saturated heterocycles. The van der Waals surface area contributed by atoms with Crippen molar-refractivity contribution < 1.29 is 4.79 Å². The van der Waals surface area contributed by atoms with Crippen LogP contribution in [0.2, 0.25) is 0 Å². The van der Waals surface area contributed by atoms with Crippen LogP contribution < -0.4 is 10.6 Å². The lowest BCUT2D eigenvalue weighted by Gasteiger charge is -2.23. The largest absolute Gasteiger partial charge is 0.326 e. The van der Waals surface area contributed by atoms with Gasteiger partial charge in [0.25, 0.3) is 0 Å². The van der Waals surface area contributed by atoms with E-state index in [9.17, 15) is 4.79 Å². The molecule has 0 bridgehead atoms. The molecule has 17 heavy (non-hydrogen) atoms. The first-order chi connectivity index (χ1) is 8.00. The van der Waals surface area contributed by atoms with Crippen molar-refractivity contribution >= 4 is 11.7 Å². The first-order valence-electron chi connectivity index (χ1n) is 6.10. The monoisotopic (exact) mass is 236 g/mol. The van der Waals surface area contributed by atoms with Gasteiger partial charge in [-0.3, -0.25) is 9.69 Å². The maximum Gasteiger partial charge on any atom is 0.229 e. The van der Waals surface area contributed by atoms with Gasteiger partial charge < -0.3 is 5.73 Å². The number of anilines is 1.